The summed E-state index contributed by atoms with van der Waals surface area (Å²) in [5.41, 5.74) is 3.88. The molecule has 0 spiro atoms. The number of hydrogen-bond donors (Lipinski definition) is 1. The van der Waals surface area contributed by atoms with E-state index in [0.29, 0.717) is 18.9 Å². The van der Waals surface area contributed by atoms with Gasteiger partial charge in [0.05, 0.1) is 6.21 Å². The fraction of sp³-hybridized carbons (Fsp3) is 0.136. The van der Waals surface area contributed by atoms with Crippen LogP contribution in [-0.4, -0.2) is 16.7 Å². The monoisotopic (exact) mass is 375 g/mol. The number of amides is 1. The van der Waals surface area contributed by atoms with Crippen LogP contribution in [0.1, 0.15) is 28.4 Å². The Morgan fingerprint density at radius 2 is 1.82 bits per heavy atom. The summed E-state index contributed by atoms with van der Waals surface area (Å²) in [7, 11) is 0. The predicted octanol–water partition coefficient (Wildman–Crippen LogP) is 3.21. The lowest BCUT2D eigenvalue weighted by atomic mass is 10.2. The molecule has 1 aromatic heterocycles. The molecule has 28 heavy (non-hydrogen) atoms. The van der Waals surface area contributed by atoms with Crippen molar-refractivity contribution in [2.24, 2.45) is 5.10 Å². The second kappa shape index (κ2) is 9.32. The third-order valence-corrected chi connectivity index (χ3v) is 4.13. The quantitative estimate of drug-likeness (QED) is 0.509. The van der Waals surface area contributed by atoms with E-state index >= 15 is 0 Å². The first-order valence-corrected chi connectivity index (χ1v) is 8.97. The van der Waals surface area contributed by atoms with E-state index in [1.807, 2.05) is 61.5 Å². The molecule has 1 amide bonds. The van der Waals surface area contributed by atoms with E-state index in [1.165, 1.54) is 16.8 Å². The summed E-state index contributed by atoms with van der Waals surface area (Å²) in [4.78, 5) is 24.4. The molecule has 0 saturated carbocycles. The first-order valence-electron chi connectivity index (χ1n) is 8.97. The Morgan fingerprint density at radius 1 is 1.07 bits per heavy atom. The van der Waals surface area contributed by atoms with Gasteiger partial charge in [0.25, 0.3) is 11.5 Å². The summed E-state index contributed by atoms with van der Waals surface area (Å²) in [6.45, 7) is 2.77. The average molecular weight is 375 g/mol. The van der Waals surface area contributed by atoms with Crippen LogP contribution in [0.25, 0.3) is 0 Å². The van der Waals surface area contributed by atoms with Gasteiger partial charge in [-0.25, -0.2) is 5.43 Å². The van der Waals surface area contributed by atoms with Gasteiger partial charge in [-0.15, -0.1) is 0 Å². The molecule has 3 aromatic rings. The van der Waals surface area contributed by atoms with Crippen LogP contribution in [-0.2, 0) is 13.2 Å². The number of pyridine rings is 1. The molecule has 0 aliphatic carbocycles. The molecule has 0 fully saturated rings. The maximum absolute atomic E-state index is 12.3. The van der Waals surface area contributed by atoms with Crippen molar-refractivity contribution in [3.8, 4) is 5.75 Å². The Balaban J connectivity index is 1.68. The molecule has 3 rings (SSSR count). The Morgan fingerprint density at radius 3 is 2.61 bits per heavy atom. The highest BCUT2D eigenvalue weighted by atomic mass is 16.5. The van der Waals surface area contributed by atoms with Crippen molar-refractivity contribution in [2.45, 2.75) is 20.1 Å². The molecule has 0 unspecified atom stereocenters. The molecule has 0 aliphatic heterocycles. The van der Waals surface area contributed by atoms with Gasteiger partial charge in [-0.05, 0) is 36.8 Å². The van der Waals surface area contributed by atoms with Crippen LogP contribution >= 0.6 is 0 Å². The second-order valence-electron chi connectivity index (χ2n) is 6.02. The number of aryl methyl sites for hydroxylation is 1. The number of aromatic nitrogens is 1. The summed E-state index contributed by atoms with van der Waals surface area (Å²) in [5.74, 6) is 0.101. The summed E-state index contributed by atoms with van der Waals surface area (Å²) in [6, 6.07) is 20.4. The Bertz CT molecular complexity index is 1030. The molecule has 6 nitrogen and oxygen atoms in total. The summed E-state index contributed by atoms with van der Waals surface area (Å²) in [6.07, 6.45) is 3.14. The number of hydrogen-bond acceptors (Lipinski definition) is 4. The minimum absolute atomic E-state index is 0.0510. The normalized spacial score (nSPS) is 10.8. The smallest absolute Gasteiger partial charge is 0.276 e. The van der Waals surface area contributed by atoms with E-state index in [1.54, 1.807) is 12.3 Å². The number of nitrogens with zero attached hydrogens (tertiary/aromatic N) is 2. The molecular weight excluding hydrogens is 354 g/mol. The van der Waals surface area contributed by atoms with Crippen molar-refractivity contribution in [1.29, 1.82) is 0 Å². The first-order chi connectivity index (χ1) is 13.7. The maximum Gasteiger partial charge on any atom is 0.276 e. The van der Waals surface area contributed by atoms with Gasteiger partial charge in [-0.2, -0.15) is 5.10 Å². The van der Waals surface area contributed by atoms with Gasteiger partial charge in [0, 0.05) is 18.3 Å². The van der Waals surface area contributed by atoms with E-state index in [2.05, 4.69) is 10.5 Å². The van der Waals surface area contributed by atoms with E-state index in [0.717, 1.165) is 11.1 Å². The number of ether oxygens (including phenoxy) is 1. The second-order valence-corrected chi connectivity index (χ2v) is 6.02. The van der Waals surface area contributed by atoms with Crippen molar-refractivity contribution < 1.29 is 9.53 Å². The average Bonchev–Trinajstić information content (AvgIpc) is 2.74. The van der Waals surface area contributed by atoms with Crippen LogP contribution in [0.4, 0.5) is 0 Å². The first kappa shape index (κ1) is 19.1. The highest BCUT2D eigenvalue weighted by Gasteiger charge is 2.10. The van der Waals surface area contributed by atoms with Crippen LogP contribution < -0.4 is 15.7 Å². The molecule has 142 valence electrons. The van der Waals surface area contributed by atoms with Gasteiger partial charge in [0.15, 0.2) is 0 Å². The zero-order valence-electron chi connectivity index (χ0n) is 15.5. The van der Waals surface area contributed by atoms with Crippen molar-refractivity contribution >= 4 is 12.1 Å². The number of nitrogens with one attached hydrogen (secondary N) is 1. The lowest BCUT2D eigenvalue weighted by molar-refractivity contribution is 0.0953. The Labute approximate surface area is 163 Å². The molecule has 0 saturated heterocycles. The minimum atomic E-state index is -0.549. The van der Waals surface area contributed by atoms with Gasteiger partial charge < -0.3 is 9.30 Å². The summed E-state index contributed by atoms with van der Waals surface area (Å²) >= 11 is 0. The van der Waals surface area contributed by atoms with Crippen LogP contribution in [0.3, 0.4) is 0 Å². The fourth-order valence-corrected chi connectivity index (χ4v) is 2.63. The fourth-order valence-electron chi connectivity index (χ4n) is 2.63. The van der Waals surface area contributed by atoms with Crippen molar-refractivity contribution in [3.05, 3.63) is 100.0 Å². The van der Waals surface area contributed by atoms with E-state index in [-0.39, 0.29) is 11.1 Å². The number of carbonyl (C=O) groups is 1. The number of rotatable bonds is 7. The molecule has 0 atom stereocenters. The highest BCUT2D eigenvalue weighted by molar-refractivity contribution is 5.94. The largest absolute Gasteiger partial charge is 0.488 e. The zero-order valence-corrected chi connectivity index (χ0v) is 15.5. The number of benzene rings is 2. The van der Waals surface area contributed by atoms with Crippen molar-refractivity contribution in [1.82, 2.24) is 9.99 Å². The molecule has 0 bridgehead atoms. The lowest BCUT2D eigenvalue weighted by Gasteiger charge is -2.09. The highest BCUT2D eigenvalue weighted by Crippen LogP contribution is 2.17. The molecule has 1 heterocycles. The summed E-state index contributed by atoms with van der Waals surface area (Å²) in [5, 5.41) is 3.98. The summed E-state index contributed by atoms with van der Waals surface area (Å²) < 4.78 is 7.32. The van der Waals surface area contributed by atoms with Gasteiger partial charge in [0.1, 0.15) is 17.9 Å². The maximum atomic E-state index is 12.3. The SMILES string of the molecule is CCn1cccc(C(=O)N/N=C\c2ccccc2OCc2ccccc2)c1=O. The van der Waals surface area contributed by atoms with Crippen LogP contribution in [0.2, 0.25) is 0 Å². The topological polar surface area (TPSA) is 72.7 Å². The Kier molecular flexibility index (Phi) is 6.36. The predicted molar refractivity (Wildman–Crippen MR) is 109 cm³/mol. The van der Waals surface area contributed by atoms with Crippen LogP contribution in [0.5, 0.6) is 5.75 Å². The molecule has 0 aliphatic rings. The van der Waals surface area contributed by atoms with Crippen LogP contribution in [0.15, 0.2) is 82.8 Å². The standard InChI is InChI=1S/C22H21N3O3/c1-2-25-14-8-12-19(22(25)27)21(26)24-23-15-18-11-6-7-13-20(18)28-16-17-9-4-3-5-10-17/h3-15H,2,16H2,1H3,(H,24,26)/b23-15-. The molecule has 6 heteroatoms. The number of hydrazone groups is 1. The minimum Gasteiger partial charge on any atom is -0.488 e. The van der Waals surface area contributed by atoms with Crippen molar-refractivity contribution in [3.63, 3.8) is 0 Å². The third kappa shape index (κ3) is 4.73. The van der Waals surface area contributed by atoms with E-state index < -0.39 is 5.91 Å². The molecule has 1 N–H and O–H groups in total. The lowest BCUT2D eigenvalue weighted by Crippen LogP contribution is -2.30. The molecule has 2 aromatic carbocycles. The van der Waals surface area contributed by atoms with E-state index in [4.69, 9.17) is 4.74 Å². The van der Waals surface area contributed by atoms with Gasteiger partial charge in [0.2, 0.25) is 0 Å². The Hall–Kier alpha value is -3.67. The van der Waals surface area contributed by atoms with Crippen molar-refractivity contribution in [2.75, 3.05) is 0 Å². The number of carbonyl (C=O) groups excluding carboxylic acids is 1. The van der Waals surface area contributed by atoms with E-state index in [9.17, 15) is 9.59 Å². The van der Waals surface area contributed by atoms with Crippen LogP contribution in [0, 0.1) is 0 Å². The van der Waals surface area contributed by atoms with Gasteiger partial charge in [-0.1, -0.05) is 42.5 Å². The van der Waals surface area contributed by atoms with Gasteiger partial charge in [-0.3, -0.25) is 9.59 Å². The third-order valence-electron chi connectivity index (χ3n) is 4.13. The molecule has 0 radical (unpaired) electrons. The molecular formula is C22H21N3O3. The zero-order chi connectivity index (χ0) is 19.8. The number of para-hydroxylation sites is 1. The van der Waals surface area contributed by atoms with Gasteiger partial charge >= 0.3 is 0 Å².